The molecule has 31 heavy (non-hydrogen) atoms. The molecule has 1 aliphatic carbocycles. The zero-order chi connectivity index (χ0) is 22.2. The summed E-state index contributed by atoms with van der Waals surface area (Å²) < 4.78 is 27.1. The Morgan fingerprint density at radius 1 is 1.06 bits per heavy atom. The molecule has 158 valence electrons. The summed E-state index contributed by atoms with van der Waals surface area (Å²) >= 11 is 0. The summed E-state index contributed by atoms with van der Waals surface area (Å²) in [6.07, 6.45) is -1.44. The number of pyridine rings is 1. The van der Waals surface area contributed by atoms with Gasteiger partial charge in [0.25, 0.3) is 11.6 Å². The van der Waals surface area contributed by atoms with Crippen molar-refractivity contribution in [2.75, 3.05) is 0 Å². The minimum atomic E-state index is -2.93. The van der Waals surface area contributed by atoms with Gasteiger partial charge in [-0.1, -0.05) is 54.6 Å². The second kappa shape index (κ2) is 7.42. The Labute approximate surface area is 175 Å². The first kappa shape index (κ1) is 20.4. The van der Waals surface area contributed by atoms with E-state index in [2.05, 4.69) is 10.3 Å². The highest BCUT2D eigenvalue weighted by Gasteiger charge is 2.58. The van der Waals surface area contributed by atoms with E-state index in [1.807, 2.05) is 6.07 Å². The van der Waals surface area contributed by atoms with Gasteiger partial charge in [0.05, 0.1) is 16.2 Å². The molecule has 4 rings (SSSR count). The average molecular weight is 425 g/mol. The molecular formula is C22H17F2N3O4. The fourth-order valence-corrected chi connectivity index (χ4v) is 3.97. The molecule has 0 radical (unpaired) electrons. The number of hydrogen-bond acceptors (Lipinski definition) is 4. The summed E-state index contributed by atoms with van der Waals surface area (Å²) in [7, 11) is 0. The Hall–Kier alpha value is -3.88. The third kappa shape index (κ3) is 3.94. The van der Waals surface area contributed by atoms with E-state index in [9.17, 15) is 23.7 Å². The van der Waals surface area contributed by atoms with Crippen molar-refractivity contribution in [3.05, 3.63) is 82.5 Å². The Balaban J connectivity index is 1.74. The molecule has 0 bridgehead atoms. The van der Waals surface area contributed by atoms with Crippen LogP contribution in [0.5, 0.6) is 0 Å². The molecular weight excluding hydrogens is 408 g/mol. The fraction of sp³-hybridized carbons (Fsp3) is 0.182. The maximum Gasteiger partial charge on any atom is 0.405 e. The molecule has 7 nitrogen and oxygen atoms in total. The molecule has 0 aliphatic heterocycles. The number of carboxylic acid groups (broad SMARTS) is 1. The van der Waals surface area contributed by atoms with Crippen molar-refractivity contribution < 1.29 is 23.6 Å². The third-order valence-electron chi connectivity index (χ3n) is 5.35. The lowest BCUT2D eigenvalue weighted by Gasteiger charge is -2.47. The number of carbonyl (C=O) groups is 1. The maximum atomic E-state index is 13.6. The second-order valence-corrected chi connectivity index (χ2v) is 7.51. The van der Waals surface area contributed by atoms with Crippen LogP contribution in [0.15, 0.2) is 66.9 Å². The number of hydrogen-bond donors (Lipinski definition) is 2. The zero-order valence-corrected chi connectivity index (χ0v) is 16.1. The van der Waals surface area contributed by atoms with Crippen molar-refractivity contribution in [2.24, 2.45) is 0 Å². The molecule has 2 aromatic carbocycles. The van der Waals surface area contributed by atoms with Crippen LogP contribution < -0.4 is 5.32 Å². The Kier molecular flexibility index (Phi) is 4.88. The number of rotatable bonds is 5. The van der Waals surface area contributed by atoms with Crippen LogP contribution in [0.4, 0.5) is 19.3 Å². The van der Waals surface area contributed by atoms with Crippen LogP contribution in [0, 0.1) is 10.1 Å². The van der Waals surface area contributed by atoms with E-state index < -0.39 is 35.3 Å². The lowest BCUT2D eigenvalue weighted by molar-refractivity contribution is -0.385. The Morgan fingerprint density at radius 2 is 1.71 bits per heavy atom. The standard InChI is InChI=1S/C22H17F2N3O4/c23-22(24)12-21(13-22,26-20(28)29)16-8-6-15(7-9-16)19-18(14-4-2-1-3-5-14)10-17(11-25-19)27(30)31/h1-11,26H,12-13H2,(H,28,29). The van der Waals surface area contributed by atoms with Crippen molar-refractivity contribution in [2.45, 2.75) is 24.3 Å². The van der Waals surface area contributed by atoms with Crippen molar-refractivity contribution in [1.29, 1.82) is 0 Å². The van der Waals surface area contributed by atoms with E-state index in [1.54, 1.807) is 48.5 Å². The summed E-state index contributed by atoms with van der Waals surface area (Å²) in [4.78, 5) is 26.1. The summed E-state index contributed by atoms with van der Waals surface area (Å²) in [5.41, 5.74) is 1.32. The Morgan fingerprint density at radius 3 is 2.26 bits per heavy atom. The third-order valence-corrected chi connectivity index (χ3v) is 5.35. The second-order valence-electron chi connectivity index (χ2n) is 7.51. The number of amides is 1. The number of nitrogens with zero attached hydrogens (tertiary/aromatic N) is 2. The largest absolute Gasteiger partial charge is 0.465 e. The van der Waals surface area contributed by atoms with Crippen LogP contribution in [0.3, 0.4) is 0 Å². The van der Waals surface area contributed by atoms with E-state index in [-0.39, 0.29) is 5.69 Å². The average Bonchev–Trinajstić information content (AvgIpc) is 2.72. The highest BCUT2D eigenvalue weighted by molar-refractivity contribution is 5.82. The molecule has 1 saturated carbocycles. The molecule has 0 atom stereocenters. The summed E-state index contributed by atoms with van der Waals surface area (Å²) in [5.74, 6) is -2.93. The van der Waals surface area contributed by atoms with E-state index >= 15 is 0 Å². The number of nitrogens with one attached hydrogen (secondary N) is 1. The quantitative estimate of drug-likeness (QED) is 0.431. The first-order valence-electron chi connectivity index (χ1n) is 9.39. The lowest BCUT2D eigenvalue weighted by Crippen LogP contribution is -2.59. The van der Waals surface area contributed by atoms with Gasteiger partial charge in [-0.05, 0) is 11.1 Å². The van der Waals surface area contributed by atoms with Crippen LogP contribution in [-0.2, 0) is 5.54 Å². The first-order chi connectivity index (χ1) is 14.7. The van der Waals surface area contributed by atoms with Crippen LogP contribution >= 0.6 is 0 Å². The van der Waals surface area contributed by atoms with E-state index in [4.69, 9.17) is 5.11 Å². The molecule has 1 fully saturated rings. The van der Waals surface area contributed by atoms with Gasteiger partial charge in [-0.15, -0.1) is 0 Å². The predicted molar refractivity (Wildman–Crippen MR) is 109 cm³/mol. The fourth-order valence-electron chi connectivity index (χ4n) is 3.97. The molecule has 9 heteroatoms. The van der Waals surface area contributed by atoms with Crippen LogP contribution in [-0.4, -0.2) is 27.0 Å². The molecule has 1 heterocycles. The predicted octanol–water partition coefficient (Wildman–Crippen LogP) is 5.22. The number of halogens is 2. The van der Waals surface area contributed by atoms with Crippen molar-refractivity contribution in [3.63, 3.8) is 0 Å². The monoisotopic (exact) mass is 425 g/mol. The summed E-state index contributed by atoms with van der Waals surface area (Å²) in [6, 6.07) is 16.9. The minimum Gasteiger partial charge on any atom is -0.465 e. The molecule has 0 spiro atoms. The van der Waals surface area contributed by atoms with Gasteiger partial charge < -0.3 is 10.4 Å². The first-order valence-corrected chi connectivity index (χ1v) is 9.39. The lowest BCUT2D eigenvalue weighted by atomic mass is 9.69. The van der Waals surface area contributed by atoms with Gasteiger partial charge in [0.2, 0.25) is 0 Å². The highest BCUT2D eigenvalue weighted by atomic mass is 19.3. The topological polar surface area (TPSA) is 105 Å². The summed E-state index contributed by atoms with van der Waals surface area (Å²) in [6.45, 7) is 0. The van der Waals surface area contributed by atoms with Gasteiger partial charge >= 0.3 is 6.09 Å². The van der Waals surface area contributed by atoms with Crippen LogP contribution in [0.25, 0.3) is 22.4 Å². The SMILES string of the molecule is O=C(O)NC1(c2ccc(-c3ncc([N+](=O)[O-])cc3-c3ccccc3)cc2)CC(F)(F)C1. The van der Waals surface area contributed by atoms with E-state index in [0.29, 0.717) is 22.4 Å². The zero-order valence-electron chi connectivity index (χ0n) is 16.1. The summed E-state index contributed by atoms with van der Waals surface area (Å²) in [5, 5.41) is 22.5. The molecule has 0 unspecified atom stereocenters. The number of aromatic nitrogens is 1. The van der Waals surface area contributed by atoms with E-state index in [0.717, 1.165) is 11.8 Å². The normalized spacial score (nSPS) is 16.2. The van der Waals surface area contributed by atoms with Gasteiger partial charge in [0.15, 0.2) is 0 Å². The highest BCUT2D eigenvalue weighted by Crippen LogP contribution is 2.51. The van der Waals surface area contributed by atoms with Crippen molar-refractivity contribution >= 4 is 11.8 Å². The number of benzene rings is 2. The van der Waals surface area contributed by atoms with Crippen molar-refractivity contribution in [3.8, 4) is 22.4 Å². The van der Waals surface area contributed by atoms with E-state index in [1.165, 1.54) is 6.07 Å². The van der Waals surface area contributed by atoms with Crippen LogP contribution in [0.2, 0.25) is 0 Å². The number of alkyl halides is 2. The van der Waals surface area contributed by atoms with Crippen molar-refractivity contribution in [1.82, 2.24) is 10.3 Å². The van der Waals surface area contributed by atoms with Gasteiger partial charge in [0.1, 0.15) is 6.20 Å². The Bertz CT molecular complexity index is 1140. The van der Waals surface area contributed by atoms with Gasteiger partial charge in [0, 0.05) is 30.0 Å². The molecule has 1 aliphatic rings. The molecule has 1 amide bonds. The van der Waals surface area contributed by atoms with Gasteiger partial charge in [-0.3, -0.25) is 10.1 Å². The van der Waals surface area contributed by atoms with Gasteiger partial charge in [-0.25, -0.2) is 18.6 Å². The molecule has 2 N–H and O–H groups in total. The number of nitro groups is 1. The van der Waals surface area contributed by atoms with Gasteiger partial charge in [-0.2, -0.15) is 0 Å². The smallest absolute Gasteiger partial charge is 0.405 e. The van der Waals surface area contributed by atoms with Crippen LogP contribution in [0.1, 0.15) is 18.4 Å². The molecule has 3 aromatic rings. The molecule has 1 aromatic heterocycles. The maximum absolute atomic E-state index is 13.6. The molecule has 0 saturated heterocycles. The minimum absolute atomic E-state index is 0.152.